The number of rotatable bonds is 4. The third kappa shape index (κ3) is 5.82. The second-order valence-electron chi connectivity index (χ2n) is 10.5. The molecule has 0 unspecified atom stereocenters. The van der Waals surface area contributed by atoms with E-state index in [1.807, 2.05) is 32.9 Å². The minimum atomic E-state index is -0.915. The second kappa shape index (κ2) is 10.9. The van der Waals surface area contributed by atoms with Crippen LogP contribution in [0.15, 0.2) is 65.7 Å². The Bertz CT molecular complexity index is 1720. The Morgan fingerprint density at radius 2 is 1.61 bits per heavy atom. The molecule has 210 valence electrons. The van der Waals surface area contributed by atoms with Crippen molar-refractivity contribution in [2.24, 2.45) is 0 Å². The van der Waals surface area contributed by atoms with Crippen LogP contribution >= 0.6 is 0 Å². The lowest BCUT2D eigenvalue weighted by Crippen LogP contribution is -2.50. The average Bonchev–Trinajstić information content (AvgIpc) is 2.95. The van der Waals surface area contributed by atoms with Gasteiger partial charge >= 0.3 is 6.09 Å². The van der Waals surface area contributed by atoms with Crippen LogP contribution < -0.4 is 15.2 Å². The zero-order chi connectivity index (χ0) is 29.3. The maximum Gasteiger partial charge on any atom is 0.410 e. The lowest BCUT2D eigenvalue weighted by atomic mass is 10.2. The van der Waals surface area contributed by atoms with Gasteiger partial charge in [0.1, 0.15) is 35.1 Å². The Morgan fingerprint density at radius 1 is 0.951 bits per heavy atom. The van der Waals surface area contributed by atoms with E-state index in [1.165, 1.54) is 29.1 Å². The van der Waals surface area contributed by atoms with Gasteiger partial charge in [0.2, 0.25) is 0 Å². The zero-order valence-electron chi connectivity index (χ0n) is 22.7. The normalized spacial score (nSPS) is 13.7. The number of anilines is 1. The number of amides is 1. The monoisotopic (exact) mass is 559 g/mol. The minimum absolute atomic E-state index is 0.0519. The van der Waals surface area contributed by atoms with Gasteiger partial charge in [-0.3, -0.25) is 9.36 Å². The number of hydrogen-bond acceptors (Lipinski definition) is 7. The van der Waals surface area contributed by atoms with Gasteiger partial charge in [0.25, 0.3) is 5.56 Å². The number of carbonyl (C=O) groups excluding carboxylic acids is 1. The highest BCUT2D eigenvalue weighted by molar-refractivity contribution is 5.79. The van der Waals surface area contributed by atoms with Gasteiger partial charge in [0.05, 0.1) is 16.6 Å². The third-order valence-corrected chi connectivity index (χ3v) is 6.54. The Morgan fingerprint density at radius 3 is 2.27 bits per heavy atom. The molecule has 1 saturated heterocycles. The molecule has 5 rings (SSSR count). The lowest BCUT2D eigenvalue weighted by Gasteiger charge is -2.36. The molecule has 1 aliphatic heterocycles. The van der Waals surface area contributed by atoms with Gasteiger partial charge in [-0.15, -0.1) is 0 Å². The maximum atomic E-state index is 14.3. The summed E-state index contributed by atoms with van der Waals surface area (Å²) in [5, 5.41) is 9.43. The number of benzene rings is 3. The van der Waals surface area contributed by atoms with Crippen molar-refractivity contribution in [1.82, 2.24) is 14.5 Å². The first kappa shape index (κ1) is 27.6. The molecule has 0 atom stereocenters. The van der Waals surface area contributed by atoms with Gasteiger partial charge in [-0.25, -0.2) is 18.6 Å². The quantitative estimate of drug-likeness (QED) is 0.331. The zero-order valence-corrected chi connectivity index (χ0v) is 22.7. The fourth-order valence-electron chi connectivity index (χ4n) is 4.50. The number of halogens is 2. The van der Waals surface area contributed by atoms with Crippen LogP contribution in [0.2, 0.25) is 0 Å². The lowest BCUT2D eigenvalue weighted by molar-refractivity contribution is 0.0240. The largest absolute Gasteiger partial charge is 0.453 e. The summed E-state index contributed by atoms with van der Waals surface area (Å²) >= 11 is 0. The second-order valence-corrected chi connectivity index (χ2v) is 10.5. The van der Waals surface area contributed by atoms with Crippen molar-refractivity contribution in [2.45, 2.75) is 26.4 Å². The van der Waals surface area contributed by atoms with Crippen LogP contribution in [0.1, 0.15) is 26.3 Å². The van der Waals surface area contributed by atoms with Crippen molar-refractivity contribution >= 4 is 22.7 Å². The predicted molar refractivity (Wildman–Crippen MR) is 149 cm³/mol. The smallest absolute Gasteiger partial charge is 0.410 e. The molecule has 0 saturated carbocycles. The Kier molecular flexibility index (Phi) is 7.32. The van der Waals surface area contributed by atoms with E-state index in [2.05, 4.69) is 9.88 Å². The van der Waals surface area contributed by atoms with Crippen molar-refractivity contribution in [3.63, 3.8) is 0 Å². The molecule has 41 heavy (non-hydrogen) atoms. The van der Waals surface area contributed by atoms with Crippen molar-refractivity contribution in [2.75, 3.05) is 31.1 Å². The van der Waals surface area contributed by atoms with Gasteiger partial charge < -0.3 is 19.3 Å². The molecule has 1 aliphatic rings. The number of aromatic nitrogens is 2. The van der Waals surface area contributed by atoms with Crippen LogP contribution in [0.25, 0.3) is 16.6 Å². The molecule has 1 fully saturated rings. The number of fused-ring (bicyclic) bond motifs is 1. The molecule has 0 radical (unpaired) electrons. The molecule has 2 heterocycles. The maximum absolute atomic E-state index is 14.3. The summed E-state index contributed by atoms with van der Waals surface area (Å²) in [6, 6.07) is 15.1. The standard InChI is InChI=1S/C30H27F2N5O4/c1-30(2,3)41-29(39)36-14-12-35(13-15-36)19-4-6-20(7-5-19)37-18-34-26-11-8-21(16-22(26)28(37)38)40-27-23(17-33)24(31)9-10-25(27)32/h4-11,16,18H,12-15H2,1-3H3. The van der Waals surface area contributed by atoms with Gasteiger partial charge in [-0.2, -0.15) is 5.26 Å². The first-order valence-electron chi connectivity index (χ1n) is 12.9. The van der Waals surface area contributed by atoms with Gasteiger partial charge in [0, 0.05) is 31.9 Å². The highest BCUT2D eigenvalue weighted by atomic mass is 19.1. The number of nitriles is 1. The van der Waals surface area contributed by atoms with Crippen LogP contribution in [0.3, 0.4) is 0 Å². The summed E-state index contributed by atoms with van der Waals surface area (Å²) in [7, 11) is 0. The molecule has 0 spiro atoms. The van der Waals surface area contributed by atoms with E-state index < -0.39 is 28.5 Å². The van der Waals surface area contributed by atoms with Gasteiger partial charge in [-0.1, -0.05) is 0 Å². The van der Waals surface area contributed by atoms with Crippen molar-refractivity contribution < 1.29 is 23.0 Å². The molecule has 11 heteroatoms. The van der Waals surface area contributed by atoms with Crippen molar-refractivity contribution in [3.8, 4) is 23.3 Å². The molecular weight excluding hydrogens is 532 g/mol. The number of nitrogens with zero attached hydrogens (tertiary/aromatic N) is 5. The summed E-state index contributed by atoms with van der Waals surface area (Å²) in [4.78, 5) is 33.9. The number of ether oxygens (including phenoxy) is 2. The highest BCUT2D eigenvalue weighted by Gasteiger charge is 2.26. The van der Waals surface area contributed by atoms with E-state index in [0.29, 0.717) is 37.4 Å². The van der Waals surface area contributed by atoms with Crippen LogP contribution in [0.5, 0.6) is 11.5 Å². The number of hydrogen-bond donors (Lipinski definition) is 0. The van der Waals surface area contributed by atoms with E-state index in [4.69, 9.17) is 9.47 Å². The summed E-state index contributed by atoms with van der Waals surface area (Å²) in [5.74, 6) is -2.32. The predicted octanol–water partition coefficient (Wildman–Crippen LogP) is 5.38. The number of carbonyl (C=O) groups is 1. The van der Waals surface area contributed by atoms with E-state index in [9.17, 15) is 23.6 Å². The van der Waals surface area contributed by atoms with Crippen molar-refractivity contribution in [1.29, 1.82) is 5.26 Å². The highest BCUT2D eigenvalue weighted by Crippen LogP contribution is 2.31. The topological polar surface area (TPSA) is 101 Å². The molecule has 3 aromatic carbocycles. The number of piperazine rings is 1. The Balaban J connectivity index is 1.35. The van der Waals surface area contributed by atoms with Crippen molar-refractivity contribution in [3.05, 3.63) is 88.5 Å². The molecule has 1 amide bonds. The van der Waals surface area contributed by atoms with Crippen LogP contribution in [-0.2, 0) is 4.74 Å². The fourth-order valence-corrected chi connectivity index (χ4v) is 4.50. The van der Waals surface area contributed by atoms with Crippen LogP contribution in [0.4, 0.5) is 19.3 Å². The SMILES string of the molecule is CC(C)(C)OC(=O)N1CCN(c2ccc(-n3cnc4ccc(Oc5c(F)ccc(F)c5C#N)cc4c3=O)cc2)CC1. The summed E-state index contributed by atoms with van der Waals surface area (Å²) < 4.78 is 40.6. The molecular formula is C30H27F2N5O4. The van der Waals surface area contributed by atoms with Gasteiger partial charge in [0.15, 0.2) is 11.6 Å². The minimum Gasteiger partial charge on any atom is -0.453 e. The molecule has 0 aliphatic carbocycles. The van der Waals surface area contributed by atoms with E-state index >= 15 is 0 Å². The summed E-state index contributed by atoms with van der Waals surface area (Å²) in [6.07, 6.45) is 1.09. The van der Waals surface area contributed by atoms with E-state index in [-0.39, 0.29) is 22.8 Å². The average molecular weight is 560 g/mol. The third-order valence-electron chi connectivity index (χ3n) is 6.54. The van der Waals surface area contributed by atoms with E-state index in [1.54, 1.807) is 23.1 Å². The summed E-state index contributed by atoms with van der Waals surface area (Å²) in [5.41, 5.74) is 0.405. The Labute approximate surface area is 234 Å². The molecule has 4 aromatic rings. The summed E-state index contributed by atoms with van der Waals surface area (Å²) in [6.45, 7) is 7.85. The molecule has 1 aromatic heterocycles. The Hall–Kier alpha value is -4.98. The first-order chi connectivity index (χ1) is 19.5. The van der Waals surface area contributed by atoms with Crippen LogP contribution in [-0.4, -0.2) is 52.3 Å². The fraction of sp³-hybridized carbons (Fsp3) is 0.267. The van der Waals surface area contributed by atoms with Crippen LogP contribution in [0, 0.1) is 23.0 Å². The first-order valence-corrected chi connectivity index (χ1v) is 12.9. The van der Waals surface area contributed by atoms with Gasteiger partial charge in [-0.05, 0) is 75.4 Å². The molecule has 9 nitrogen and oxygen atoms in total. The molecule has 0 bridgehead atoms. The van der Waals surface area contributed by atoms with E-state index in [0.717, 1.165) is 17.8 Å². The molecule has 0 N–H and O–H groups in total.